The quantitative estimate of drug-likeness (QED) is 0.292. The van der Waals surface area contributed by atoms with Gasteiger partial charge in [0.05, 0.1) is 0 Å². The van der Waals surface area contributed by atoms with E-state index in [2.05, 4.69) is 20.8 Å². The molecule has 0 aliphatic rings. The first-order valence-electron chi connectivity index (χ1n) is 7.82. The van der Waals surface area contributed by atoms with Gasteiger partial charge in [-0.25, -0.2) is 0 Å². The lowest BCUT2D eigenvalue weighted by atomic mass is 10.0. The Balaban J connectivity index is 3.01. The summed E-state index contributed by atoms with van der Waals surface area (Å²) in [6.45, 7) is 6.79. The number of unbranched alkanes of at least 4 members (excludes halogenated alkanes) is 7. The van der Waals surface area contributed by atoms with E-state index in [1.807, 2.05) is 11.8 Å². The Hall–Kier alpha value is 0.440. The lowest BCUT2D eigenvalue weighted by Gasteiger charge is -2.04. The van der Waals surface area contributed by atoms with E-state index in [1.54, 1.807) is 0 Å². The highest BCUT2D eigenvalue weighted by Gasteiger charge is 1.96. The van der Waals surface area contributed by atoms with Crippen molar-refractivity contribution in [3.8, 4) is 0 Å². The van der Waals surface area contributed by atoms with Gasteiger partial charge in [-0.1, -0.05) is 84.4 Å². The van der Waals surface area contributed by atoms with Crippen molar-refractivity contribution in [3.05, 3.63) is 0 Å². The summed E-state index contributed by atoms with van der Waals surface area (Å²) in [6, 6.07) is 0. The molecule has 0 unspecified atom stereocenters. The second-order valence-corrected chi connectivity index (χ2v) is 7.53. The smallest absolute Gasteiger partial charge is 0.0475 e. The first-order valence-corrected chi connectivity index (χ1v) is 9.21. The largest absolute Gasteiger partial charge is 0.119 e. The second kappa shape index (κ2) is 13.9. The van der Waals surface area contributed by atoms with E-state index < -0.39 is 0 Å². The van der Waals surface area contributed by atoms with Crippen molar-refractivity contribution in [2.75, 3.05) is 5.75 Å². The Morgan fingerprint density at radius 2 is 1.39 bits per heavy atom. The van der Waals surface area contributed by atoms with Gasteiger partial charge in [0.25, 0.3) is 0 Å². The molecule has 0 saturated carbocycles. The fourth-order valence-electron chi connectivity index (χ4n) is 2.00. The van der Waals surface area contributed by atoms with Crippen LogP contribution in [-0.2, 0) is 0 Å². The Labute approximate surface area is 125 Å². The molecule has 0 rings (SSSR count). The molecule has 0 spiro atoms. The molecule has 0 bridgehead atoms. The number of hydrogen-bond acceptors (Lipinski definition) is 2. The predicted molar refractivity (Wildman–Crippen MR) is 91.7 cm³/mol. The second-order valence-electron chi connectivity index (χ2n) is 5.58. The fraction of sp³-hybridized carbons (Fsp3) is 0.938. The first-order chi connectivity index (χ1) is 8.66. The SMILES string of the molecule is CCC(=S)SCCCCCCCCCCC(C)C. The normalized spacial score (nSPS) is 11.1. The van der Waals surface area contributed by atoms with Crippen LogP contribution in [0.1, 0.15) is 85.0 Å². The molecule has 0 nitrogen and oxygen atoms in total. The molecule has 0 saturated heterocycles. The molecular weight excluding hydrogens is 256 g/mol. The van der Waals surface area contributed by atoms with Gasteiger partial charge in [0.15, 0.2) is 0 Å². The van der Waals surface area contributed by atoms with Crippen LogP contribution in [0.2, 0.25) is 0 Å². The van der Waals surface area contributed by atoms with Gasteiger partial charge in [-0.15, -0.1) is 11.8 Å². The maximum absolute atomic E-state index is 5.20. The summed E-state index contributed by atoms with van der Waals surface area (Å²) in [5, 5.41) is 0. The van der Waals surface area contributed by atoms with Gasteiger partial charge in [-0.05, 0) is 24.5 Å². The lowest BCUT2D eigenvalue weighted by molar-refractivity contribution is 0.509. The third-order valence-electron chi connectivity index (χ3n) is 3.23. The minimum atomic E-state index is 0.886. The highest BCUT2D eigenvalue weighted by atomic mass is 32.2. The van der Waals surface area contributed by atoms with Gasteiger partial charge in [0.2, 0.25) is 0 Å². The van der Waals surface area contributed by atoms with E-state index in [9.17, 15) is 0 Å². The maximum Gasteiger partial charge on any atom is 0.0475 e. The van der Waals surface area contributed by atoms with E-state index in [4.69, 9.17) is 12.2 Å². The first kappa shape index (κ1) is 18.4. The van der Waals surface area contributed by atoms with Crippen molar-refractivity contribution < 1.29 is 0 Å². The van der Waals surface area contributed by atoms with Gasteiger partial charge in [0, 0.05) is 4.20 Å². The molecule has 0 aliphatic carbocycles. The Morgan fingerprint density at radius 3 is 1.89 bits per heavy atom. The van der Waals surface area contributed by atoms with E-state index in [1.165, 1.54) is 67.7 Å². The average molecular weight is 289 g/mol. The van der Waals surface area contributed by atoms with Crippen LogP contribution >= 0.6 is 24.0 Å². The Bertz CT molecular complexity index is 188. The van der Waals surface area contributed by atoms with Crippen molar-refractivity contribution in [1.82, 2.24) is 0 Å². The van der Waals surface area contributed by atoms with Crippen LogP contribution in [-0.4, -0.2) is 9.95 Å². The molecule has 0 aromatic rings. The molecule has 0 atom stereocenters. The van der Waals surface area contributed by atoms with Gasteiger partial charge < -0.3 is 0 Å². The maximum atomic E-state index is 5.20. The Morgan fingerprint density at radius 1 is 0.889 bits per heavy atom. The zero-order valence-corrected chi connectivity index (χ0v) is 14.3. The highest BCUT2D eigenvalue weighted by Crippen LogP contribution is 2.14. The molecule has 0 amide bonds. The van der Waals surface area contributed by atoms with Crippen molar-refractivity contribution in [1.29, 1.82) is 0 Å². The summed E-state index contributed by atoms with van der Waals surface area (Å²) < 4.78 is 1.18. The molecule has 0 aliphatic heterocycles. The fourth-order valence-corrected chi connectivity index (χ4v) is 3.03. The van der Waals surface area contributed by atoms with Crippen molar-refractivity contribution in [3.63, 3.8) is 0 Å². The minimum absolute atomic E-state index is 0.886. The van der Waals surface area contributed by atoms with Crippen LogP contribution in [0.4, 0.5) is 0 Å². The number of thiocarbonyl (C=S) groups is 1. The highest BCUT2D eigenvalue weighted by molar-refractivity contribution is 8.23. The van der Waals surface area contributed by atoms with Gasteiger partial charge in [0.1, 0.15) is 0 Å². The zero-order chi connectivity index (χ0) is 13.6. The van der Waals surface area contributed by atoms with Gasteiger partial charge in [-0.2, -0.15) is 0 Å². The predicted octanol–water partition coefficient (Wildman–Crippen LogP) is 6.62. The van der Waals surface area contributed by atoms with Crippen LogP contribution in [0.3, 0.4) is 0 Å². The zero-order valence-electron chi connectivity index (χ0n) is 12.7. The molecule has 108 valence electrons. The monoisotopic (exact) mass is 288 g/mol. The molecule has 0 heterocycles. The third kappa shape index (κ3) is 14.5. The van der Waals surface area contributed by atoms with Crippen LogP contribution in [0, 0.1) is 5.92 Å². The molecule has 0 radical (unpaired) electrons. The van der Waals surface area contributed by atoms with Gasteiger partial charge >= 0.3 is 0 Å². The van der Waals surface area contributed by atoms with Crippen LogP contribution in [0.25, 0.3) is 0 Å². The van der Waals surface area contributed by atoms with Crippen molar-refractivity contribution in [2.24, 2.45) is 5.92 Å². The summed E-state index contributed by atoms with van der Waals surface area (Å²) >= 11 is 7.08. The van der Waals surface area contributed by atoms with Gasteiger partial charge in [-0.3, -0.25) is 0 Å². The van der Waals surface area contributed by atoms with Crippen LogP contribution in [0.15, 0.2) is 0 Å². The van der Waals surface area contributed by atoms with E-state index in [0.29, 0.717) is 0 Å². The molecule has 2 heteroatoms. The average Bonchev–Trinajstić information content (AvgIpc) is 2.35. The van der Waals surface area contributed by atoms with E-state index in [-0.39, 0.29) is 0 Å². The van der Waals surface area contributed by atoms with Crippen LogP contribution < -0.4 is 0 Å². The van der Waals surface area contributed by atoms with Crippen LogP contribution in [0.5, 0.6) is 0 Å². The standard InChI is InChI=1S/C16H32S2/c1-4-16(17)18-14-12-10-8-6-5-7-9-11-13-15(2)3/h15H,4-14H2,1-3H3. The lowest BCUT2D eigenvalue weighted by Crippen LogP contribution is -1.89. The molecule has 18 heavy (non-hydrogen) atoms. The summed E-state index contributed by atoms with van der Waals surface area (Å²) in [7, 11) is 0. The number of hydrogen-bond donors (Lipinski definition) is 0. The summed E-state index contributed by atoms with van der Waals surface area (Å²) in [4.78, 5) is 0. The van der Waals surface area contributed by atoms with Crippen molar-refractivity contribution >= 4 is 28.2 Å². The summed E-state index contributed by atoms with van der Waals surface area (Å²) in [5.74, 6) is 2.12. The minimum Gasteiger partial charge on any atom is -0.119 e. The number of thioether (sulfide) groups is 1. The molecule has 0 aromatic heterocycles. The topological polar surface area (TPSA) is 0 Å². The van der Waals surface area contributed by atoms with E-state index in [0.717, 1.165) is 12.3 Å². The third-order valence-corrected chi connectivity index (χ3v) is 4.97. The van der Waals surface area contributed by atoms with Crippen molar-refractivity contribution in [2.45, 2.75) is 85.0 Å². The Kier molecular flexibility index (Phi) is 14.2. The molecule has 0 fully saturated rings. The molecule has 0 N–H and O–H groups in total. The summed E-state index contributed by atoms with van der Waals surface area (Å²) in [6.07, 6.45) is 13.8. The summed E-state index contributed by atoms with van der Waals surface area (Å²) in [5.41, 5.74) is 0. The number of rotatable bonds is 12. The molecule has 0 aromatic carbocycles. The molecular formula is C16H32S2. The van der Waals surface area contributed by atoms with E-state index >= 15 is 0 Å².